The quantitative estimate of drug-likeness (QED) is 0.487. The summed E-state index contributed by atoms with van der Waals surface area (Å²) in [5, 5.41) is 22.5. The molecule has 0 radical (unpaired) electrons. The Hall–Kier alpha value is -1.34. The SMILES string of the molecule is CN(C)CC(C)(C)CNC(=O)NC(CCO)C(=O)O. The van der Waals surface area contributed by atoms with E-state index in [1.807, 2.05) is 32.8 Å². The number of urea groups is 1. The van der Waals surface area contributed by atoms with Gasteiger partial charge in [0.1, 0.15) is 6.04 Å². The van der Waals surface area contributed by atoms with Gasteiger partial charge in [0.25, 0.3) is 0 Å². The Morgan fingerprint density at radius 3 is 2.32 bits per heavy atom. The Labute approximate surface area is 114 Å². The molecule has 0 spiro atoms. The molecular formula is C12H25N3O4. The second-order valence-corrected chi connectivity index (χ2v) is 5.63. The van der Waals surface area contributed by atoms with Crippen LogP contribution in [0.5, 0.6) is 0 Å². The molecule has 0 fully saturated rings. The minimum Gasteiger partial charge on any atom is -0.480 e. The number of aliphatic hydroxyl groups is 1. The third-order valence-corrected chi connectivity index (χ3v) is 2.49. The van der Waals surface area contributed by atoms with Gasteiger partial charge in [-0.2, -0.15) is 0 Å². The summed E-state index contributed by atoms with van der Waals surface area (Å²) in [7, 11) is 3.90. The van der Waals surface area contributed by atoms with Crippen LogP contribution in [0.1, 0.15) is 20.3 Å². The first kappa shape index (κ1) is 17.7. The smallest absolute Gasteiger partial charge is 0.326 e. The molecular weight excluding hydrogens is 250 g/mol. The lowest BCUT2D eigenvalue weighted by atomic mass is 9.93. The predicted molar refractivity (Wildman–Crippen MR) is 72.0 cm³/mol. The van der Waals surface area contributed by atoms with E-state index in [-0.39, 0.29) is 18.4 Å². The lowest BCUT2D eigenvalue weighted by Crippen LogP contribution is -2.49. The summed E-state index contributed by atoms with van der Waals surface area (Å²) in [5.41, 5.74) is -0.115. The Balaban J connectivity index is 4.20. The number of nitrogens with zero attached hydrogens (tertiary/aromatic N) is 1. The average Bonchev–Trinajstić information content (AvgIpc) is 2.24. The van der Waals surface area contributed by atoms with Gasteiger partial charge in [-0.1, -0.05) is 13.8 Å². The number of nitrogens with one attached hydrogen (secondary N) is 2. The molecule has 0 aromatic rings. The number of hydrogen-bond acceptors (Lipinski definition) is 4. The van der Waals surface area contributed by atoms with Crippen LogP contribution in [0.3, 0.4) is 0 Å². The van der Waals surface area contributed by atoms with Crippen LogP contribution in [0.4, 0.5) is 4.79 Å². The Morgan fingerprint density at radius 2 is 1.89 bits per heavy atom. The van der Waals surface area contributed by atoms with Crippen molar-refractivity contribution in [3.8, 4) is 0 Å². The van der Waals surface area contributed by atoms with E-state index in [1.54, 1.807) is 0 Å². The summed E-state index contributed by atoms with van der Waals surface area (Å²) in [6.45, 7) is 4.96. The first-order chi connectivity index (χ1) is 8.68. The van der Waals surface area contributed by atoms with Gasteiger partial charge in [0.15, 0.2) is 0 Å². The molecule has 0 aliphatic carbocycles. The number of hydrogen-bond donors (Lipinski definition) is 4. The van der Waals surface area contributed by atoms with Crippen molar-refractivity contribution < 1.29 is 19.8 Å². The zero-order valence-corrected chi connectivity index (χ0v) is 12.1. The van der Waals surface area contributed by atoms with E-state index >= 15 is 0 Å². The molecule has 7 nitrogen and oxygen atoms in total. The van der Waals surface area contributed by atoms with Gasteiger partial charge in [0.2, 0.25) is 0 Å². The number of carbonyl (C=O) groups is 2. The van der Waals surface area contributed by atoms with Crippen molar-refractivity contribution in [2.75, 3.05) is 33.8 Å². The normalized spacial score (nSPS) is 13.2. The largest absolute Gasteiger partial charge is 0.480 e. The lowest BCUT2D eigenvalue weighted by molar-refractivity contribution is -0.139. The van der Waals surface area contributed by atoms with Gasteiger partial charge in [-0.05, 0) is 19.5 Å². The molecule has 0 aliphatic rings. The van der Waals surface area contributed by atoms with Crippen LogP contribution >= 0.6 is 0 Å². The van der Waals surface area contributed by atoms with E-state index in [4.69, 9.17) is 10.2 Å². The van der Waals surface area contributed by atoms with Gasteiger partial charge >= 0.3 is 12.0 Å². The van der Waals surface area contributed by atoms with Crippen LogP contribution in [0.15, 0.2) is 0 Å². The second-order valence-electron chi connectivity index (χ2n) is 5.63. The van der Waals surface area contributed by atoms with E-state index < -0.39 is 18.0 Å². The number of carboxylic acids is 1. The number of carbonyl (C=O) groups excluding carboxylic acids is 1. The van der Waals surface area contributed by atoms with Gasteiger partial charge in [-0.15, -0.1) is 0 Å². The monoisotopic (exact) mass is 275 g/mol. The number of carboxylic acid groups (broad SMARTS) is 1. The number of rotatable bonds is 8. The van der Waals surface area contributed by atoms with Gasteiger partial charge in [-0.25, -0.2) is 9.59 Å². The first-order valence-electron chi connectivity index (χ1n) is 6.20. The van der Waals surface area contributed by atoms with Crippen molar-refractivity contribution in [1.29, 1.82) is 0 Å². The van der Waals surface area contributed by atoms with Crippen molar-refractivity contribution in [2.24, 2.45) is 5.41 Å². The molecule has 7 heteroatoms. The molecule has 1 atom stereocenters. The maximum Gasteiger partial charge on any atom is 0.326 e. The van der Waals surface area contributed by atoms with Crippen molar-refractivity contribution in [3.05, 3.63) is 0 Å². The third kappa shape index (κ3) is 8.39. The fraction of sp³-hybridized carbons (Fsp3) is 0.833. The molecule has 0 saturated carbocycles. The Bertz CT molecular complexity index is 305. The topological polar surface area (TPSA) is 102 Å². The van der Waals surface area contributed by atoms with E-state index in [1.165, 1.54) is 0 Å². The molecule has 112 valence electrons. The van der Waals surface area contributed by atoms with Crippen molar-refractivity contribution in [1.82, 2.24) is 15.5 Å². The van der Waals surface area contributed by atoms with Crippen LogP contribution in [0.25, 0.3) is 0 Å². The van der Waals surface area contributed by atoms with E-state index in [0.29, 0.717) is 6.54 Å². The summed E-state index contributed by atoms with van der Waals surface area (Å²) in [6, 6.07) is -1.60. The maximum absolute atomic E-state index is 11.6. The zero-order chi connectivity index (χ0) is 15.1. The van der Waals surface area contributed by atoms with Gasteiger partial charge in [-0.3, -0.25) is 0 Å². The van der Waals surface area contributed by atoms with Crippen LogP contribution in [-0.4, -0.2) is 66.9 Å². The summed E-state index contributed by atoms with van der Waals surface area (Å²) < 4.78 is 0. The molecule has 0 aliphatic heterocycles. The van der Waals surface area contributed by atoms with Crippen LogP contribution < -0.4 is 10.6 Å². The highest BCUT2D eigenvalue weighted by Gasteiger charge is 2.22. The Morgan fingerprint density at radius 1 is 1.32 bits per heavy atom. The molecule has 0 heterocycles. The highest BCUT2D eigenvalue weighted by molar-refractivity contribution is 5.82. The summed E-state index contributed by atoms with van der Waals surface area (Å²) in [4.78, 5) is 24.4. The molecule has 0 rings (SSSR count). The number of aliphatic hydroxyl groups excluding tert-OH is 1. The predicted octanol–water partition coefficient (Wildman–Crippen LogP) is -0.291. The lowest BCUT2D eigenvalue weighted by Gasteiger charge is -2.28. The molecule has 1 unspecified atom stereocenters. The molecule has 2 amide bonds. The van der Waals surface area contributed by atoms with E-state index in [9.17, 15) is 9.59 Å². The van der Waals surface area contributed by atoms with Crippen molar-refractivity contribution in [2.45, 2.75) is 26.3 Å². The molecule has 4 N–H and O–H groups in total. The van der Waals surface area contributed by atoms with Crippen LogP contribution in [0.2, 0.25) is 0 Å². The van der Waals surface area contributed by atoms with E-state index in [2.05, 4.69) is 10.6 Å². The number of aliphatic carboxylic acids is 1. The fourth-order valence-electron chi connectivity index (χ4n) is 1.83. The number of amides is 2. The zero-order valence-electron chi connectivity index (χ0n) is 12.1. The highest BCUT2D eigenvalue weighted by atomic mass is 16.4. The van der Waals surface area contributed by atoms with Gasteiger partial charge in [0.05, 0.1) is 0 Å². The second kappa shape index (κ2) is 7.96. The van der Waals surface area contributed by atoms with Crippen molar-refractivity contribution in [3.63, 3.8) is 0 Å². The molecule has 0 aromatic heterocycles. The first-order valence-corrected chi connectivity index (χ1v) is 6.20. The molecule has 0 saturated heterocycles. The van der Waals surface area contributed by atoms with E-state index in [0.717, 1.165) is 6.54 Å². The van der Waals surface area contributed by atoms with Crippen LogP contribution in [0, 0.1) is 5.41 Å². The molecule has 0 bridgehead atoms. The standard InChI is InChI=1S/C12H25N3O4/c1-12(2,8-15(3)4)7-13-11(19)14-9(5-6-16)10(17)18/h9,16H,5-8H2,1-4H3,(H,17,18)(H2,13,14,19). The molecule has 0 aromatic carbocycles. The van der Waals surface area contributed by atoms with Crippen LogP contribution in [-0.2, 0) is 4.79 Å². The minimum atomic E-state index is -1.16. The van der Waals surface area contributed by atoms with Gasteiger partial charge in [0, 0.05) is 26.1 Å². The maximum atomic E-state index is 11.6. The average molecular weight is 275 g/mol. The fourth-order valence-corrected chi connectivity index (χ4v) is 1.83. The Kier molecular flexibility index (Phi) is 7.40. The highest BCUT2D eigenvalue weighted by Crippen LogP contribution is 2.13. The summed E-state index contributed by atoms with van der Waals surface area (Å²) >= 11 is 0. The minimum absolute atomic E-state index is 0.0101. The molecule has 19 heavy (non-hydrogen) atoms. The third-order valence-electron chi connectivity index (χ3n) is 2.49. The summed E-state index contributed by atoms with van der Waals surface area (Å²) in [6.07, 6.45) is -0.0101. The van der Waals surface area contributed by atoms with Crippen molar-refractivity contribution >= 4 is 12.0 Å². The summed E-state index contributed by atoms with van der Waals surface area (Å²) in [5.74, 6) is -1.16. The van der Waals surface area contributed by atoms with Gasteiger partial charge < -0.3 is 25.7 Å².